The van der Waals surface area contributed by atoms with Crippen molar-refractivity contribution in [3.8, 4) is 0 Å². The second-order valence-electron chi connectivity index (χ2n) is 4.98. The summed E-state index contributed by atoms with van der Waals surface area (Å²) in [6.45, 7) is 6.51. The Morgan fingerprint density at radius 1 is 1.29 bits per heavy atom. The fraction of sp³-hybridized carbons (Fsp3) is 1.00. The monoisotopic (exact) mass is 197 g/mol. The summed E-state index contributed by atoms with van der Waals surface area (Å²) in [6.07, 6.45) is 7.24. The summed E-state index contributed by atoms with van der Waals surface area (Å²) in [6, 6.07) is 0.746. The van der Waals surface area contributed by atoms with Crippen LogP contribution in [0.25, 0.3) is 0 Å². The van der Waals surface area contributed by atoms with E-state index < -0.39 is 0 Å². The standard InChI is InChI=1S/C12H23NO/c1-3-12(5-6-12)9-13-10-7-11(8-10)14-4-2/h10-11,13H,3-9H2,1-2H3. The van der Waals surface area contributed by atoms with Gasteiger partial charge in [0, 0.05) is 19.2 Å². The van der Waals surface area contributed by atoms with E-state index in [4.69, 9.17) is 4.74 Å². The van der Waals surface area contributed by atoms with Crippen molar-refractivity contribution in [1.29, 1.82) is 0 Å². The van der Waals surface area contributed by atoms with Gasteiger partial charge >= 0.3 is 0 Å². The summed E-state index contributed by atoms with van der Waals surface area (Å²) in [4.78, 5) is 0. The fourth-order valence-corrected chi connectivity index (χ4v) is 2.30. The first kappa shape index (κ1) is 10.4. The first-order valence-electron chi connectivity index (χ1n) is 6.13. The lowest BCUT2D eigenvalue weighted by molar-refractivity contribution is -0.0109. The molecule has 0 heterocycles. The van der Waals surface area contributed by atoms with E-state index in [0.29, 0.717) is 11.5 Å². The van der Waals surface area contributed by atoms with E-state index in [9.17, 15) is 0 Å². The SMILES string of the molecule is CCOC1CC(NCC2(CC)CC2)C1. The van der Waals surface area contributed by atoms with E-state index in [1.54, 1.807) is 0 Å². The molecule has 2 heteroatoms. The summed E-state index contributed by atoms with van der Waals surface area (Å²) >= 11 is 0. The van der Waals surface area contributed by atoms with Crippen LogP contribution in [0, 0.1) is 5.41 Å². The van der Waals surface area contributed by atoms with Crippen LogP contribution in [-0.4, -0.2) is 25.3 Å². The average molecular weight is 197 g/mol. The van der Waals surface area contributed by atoms with Gasteiger partial charge in [-0.25, -0.2) is 0 Å². The maximum atomic E-state index is 5.54. The molecule has 0 atom stereocenters. The van der Waals surface area contributed by atoms with E-state index in [2.05, 4.69) is 19.2 Å². The number of rotatable bonds is 6. The normalized spacial score (nSPS) is 33.9. The highest BCUT2D eigenvalue weighted by atomic mass is 16.5. The van der Waals surface area contributed by atoms with Gasteiger partial charge in [-0.3, -0.25) is 0 Å². The molecule has 0 radical (unpaired) electrons. The molecule has 0 unspecified atom stereocenters. The van der Waals surface area contributed by atoms with Crippen molar-refractivity contribution < 1.29 is 4.74 Å². The first-order chi connectivity index (χ1) is 6.78. The van der Waals surface area contributed by atoms with Crippen LogP contribution in [0.5, 0.6) is 0 Å². The lowest BCUT2D eigenvalue weighted by Gasteiger charge is -2.36. The third kappa shape index (κ3) is 2.29. The zero-order chi connectivity index (χ0) is 10.0. The van der Waals surface area contributed by atoms with Crippen LogP contribution in [0.3, 0.4) is 0 Å². The number of hydrogen-bond acceptors (Lipinski definition) is 2. The zero-order valence-corrected chi connectivity index (χ0v) is 9.51. The molecule has 0 amide bonds. The predicted molar refractivity (Wildman–Crippen MR) is 58.4 cm³/mol. The molecular weight excluding hydrogens is 174 g/mol. The highest BCUT2D eigenvalue weighted by Gasteiger charge is 2.41. The number of hydrogen-bond donors (Lipinski definition) is 1. The summed E-state index contributed by atoms with van der Waals surface area (Å²) in [7, 11) is 0. The Morgan fingerprint density at radius 3 is 2.50 bits per heavy atom. The summed E-state index contributed by atoms with van der Waals surface area (Å²) in [5, 5.41) is 3.68. The van der Waals surface area contributed by atoms with Gasteiger partial charge in [0.1, 0.15) is 0 Å². The van der Waals surface area contributed by atoms with Crippen molar-refractivity contribution in [1.82, 2.24) is 5.32 Å². The molecule has 14 heavy (non-hydrogen) atoms. The van der Waals surface area contributed by atoms with Gasteiger partial charge in [0.05, 0.1) is 6.10 Å². The molecule has 0 aromatic heterocycles. The second kappa shape index (κ2) is 4.19. The molecule has 1 N–H and O–H groups in total. The van der Waals surface area contributed by atoms with Crippen LogP contribution in [0.1, 0.15) is 46.0 Å². The van der Waals surface area contributed by atoms with Crippen LogP contribution in [0.15, 0.2) is 0 Å². The molecule has 2 aliphatic rings. The Kier molecular flexibility index (Phi) is 3.13. The molecule has 2 rings (SSSR count). The van der Waals surface area contributed by atoms with Gasteiger partial charge < -0.3 is 10.1 Å². The molecular formula is C12H23NO. The average Bonchev–Trinajstić information content (AvgIpc) is 2.90. The smallest absolute Gasteiger partial charge is 0.0604 e. The zero-order valence-electron chi connectivity index (χ0n) is 9.51. The molecule has 0 aliphatic heterocycles. The van der Waals surface area contributed by atoms with Gasteiger partial charge in [0.25, 0.3) is 0 Å². The van der Waals surface area contributed by atoms with Crippen LogP contribution in [0.2, 0.25) is 0 Å². The Morgan fingerprint density at radius 2 is 2.00 bits per heavy atom. The van der Waals surface area contributed by atoms with Crippen molar-refractivity contribution in [2.45, 2.75) is 58.1 Å². The maximum absolute atomic E-state index is 5.54. The third-order valence-electron chi connectivity index (χ3n) is 3.97. The number of ether oxygens (including phenoxy) is 1. The van der Waals surface area contributed by atoms with E-state index in [1.807, 2.05) is 0 Å². The lowest BCUT2D eigenvalue weighted by atomic mass is 9.88. The maximum Gasteiger partial charge on any atom is 0.0604 e. The quantitative estimate of drug-likeness (QED) is 0.705. The Balaban J connectivity index is 1.56. The van der Waals surface area contributed by atoms with Crippen molar-refractivity contribution in [3.63, 3.8) is 0 Å². The van der Waals surface area contributed by atoms with Gasteiger partial charge in [0.15, 0.2) is 0 Å². The van der Waals surface area contributed by atoms with Gasteiger partial charge in [-0.1, -0.05) is 6.92 Å². The highest BCUT2D eigenvalue weighted by Crippen LogP contribution is 2.48. The fourth-order valence-electron chi connectivity index (χ4n) is 2.30. The Hall–Kier alpha value is -0.0800. The van der Waals surface area contributed by atoms with Crippen LogP contribution >= 0.6 is 0 Å². The molecule has 0 bridgehead atoms. The Labute approximate surface area is 87.4 Å². The highest BCUT2D eigenvalue weighted by molar-refractivity contribution is 4.96. The van der Waals surface area contributed by atoms with E-state index in [1.165, 1.54) is 38.6 Å². The molecule has 2 fully saturated rings. The van der Waals surface area contributed by atoms with Crippen LogP contribution in [0.4, 0.5) is 0 Å². The minimum absolute atomic E-state index is 0.550. The van der Waals surface area contributed by atoms with Crippen molar-refractivity contribution in [2.24, 2.45) is 5.41 Å². The largest absolute Gasteiger partial charge is 0.378 e. The van der Waals surface area contributed by atoms with Crippen molar-refractivity contribution >= 4 is 0 Å². The molecule has 0 saturated heterocycles. The predicted octanol–water partition coefficient (Wildman–Crippen LogP) is 2.33. The molecule has 0 aromatic rings. The molecule has 2 nitrogen and oxygen atoms in total. The van der Waals surface area contributed by atoms with Crippen molar-refractivity contribution in [3.05, 3.63) is 0 Å². The molecule has 2 aliphatic carbocycles. The lowest BCUT2D eigenvalue weighted by Crippen LogP contribution is -2.47. The van der Waals surface area contributed by atoms with Gasteiger partial charge in [0.2, 0.25) is 0 Å². The minimum Gasteiger partial charge on any atom is -0.378 e. The number of nitrogens with one attached hydrogen (secondary N) is 1. The summed E-state index contributed by atoms with van der Waals surface area (Å²) in [5.74, 6) is 0. The molecule has 82 valence electrons. The van der Waals surface area contributed by atoms with Gasteiger partial charge in [-0.05, 0) is 44.4 Å². The van der Waals surface area contributed by atoms with Gasteiger partial charge in [-0.2, -0.15) is 0 Å². The summed E-state index contributed by atoms with van der Waals surface area (Å²) < 4.78 is 5.54. The van der Waals surface area contributed by atoms with Gasteiger partial charge in [-0.15, -0.1) is 0 Å². The minimum atomic E-state index is 0.550. The molecule has 0 spiro atoms. The van der Waals surface area contributed by atoms with E-state index in [0.717, 1.165) is 12.6 Å². The molecule has 0 aromatic carbocycles. The second-order valence-corrected chi connectivity index (χ2v) is 4.98. The third-order valence-corrected chi connectivity index (χ3v) is 3.97. The van der Waals surface area contributed by atoms with Crippen LogP contribution < -0.4 is 5.32 Å². The van der Waals surface area contributed by atoms with Crippen LogP contribution in [-0.2, 0) is 4.74 Å². The molecule has 2 saturated carbocycles. The first-order valence-corrected chi connectivity index (χ1v) is 6.13. The Bertz CT molecular complexity index is 183. The van der Waals surface area contributed by atoms with E-state index in [-0.39, 0.29) is 0 Å². The topological polar surface area (TPSA) is 21.3 Å². The summed E-state index contributed by atoms with van der Waals surface area (Å²) in [5.41, 5.74) is 0.691. The van der Waals surface area contributed by atoms with Crippen molar-refractivity contribution in [2.75, 3.05) is 13.2 Å². The van der Waals surface area contributed by atoms with E-state index >= 15 is 0 Å².